The summed E-state index contributed by atoms with van der Waals surface area (Å²) < 4.78 is 50.9. The molecule has 1 heterocycles. The van der Waals surface area contributed by atoms with E-state index in [4.69, 9.17) is 9.05 Å². The van der Waals surface area contributed by atoms with Crippen molar-refractivity contribution in [2.75, 3.05) is 54.0 Å². The fourth-order valence-electron chi connectivity index (χ4n) is 4.68. The molecule has 3 N–H and O–H groups in total. The van der Waals surface area contributed by atoms with Gasteiger partial charge in [0.2, 0.25) is 10.0 Å². The summed E-state index contributed by atoms with van der Waals surface area (Å²) in [7, 11) is -7.09. The molecular formula is C30H37N4O6PS. The second kappa shape index (κ2) is 13.7. The quantitative estimate of drug-likeness (QED) is 0.134. The maximum atomic E-state index is 13.5. The lowest BCUT2D eigenvalue weighted by Gasteiger charge is -2.23. The van der Waals surface area contributed by atoms with Crippen LogP contribution in [-0.2, 0) is 28.4 Å². The molecule has 0 fully saturated rings. The first kappa shape index (κ1) is 31.5. The third-order valence-corrected chi connectivity index (χ3v) is 9.84. The van der Waals surface area contributed by atoms with Crippen molar-refractivity contribution in [3.63, 3.8) is 0 Å². The lowest BCUT2D eigenvalue weighted by atomic mass is 10.00. The molecule has 0 bridgehead atoms. The van der Waals surface area contributed by atoms with E-state index in [2.05, 4.69) is 16.0 Å². The fraction of sp³-hybridized carbons (Fsp3) is 0.300. The van der Waals surface area contributed by atoms with Crippen LogP contribution in [0.4, 0.5) is 17.1 Å². The molecule has 224 valence electrons. The van der Waals surface area contributed by atoms with Crippen LogP contribution in [0.25, 0.3) is 11.3 Å². The minimum Gasteiger partial charge on any atom is -0.354 e. The van der Waals surface area contributed by atoms with Crippen molar-refractivity contribution in [1.82, 2.24) is 5.32 Å². The predicted molar refractivity (Wildman–Crippen MR) is 170 cm³/mol. The average Bonchev–Trinajstić information content (AvgIpc) is 3.29. The van der Waals surface area contributed by atoms with Gasteiger partial charge in [0.25, 0.3) is 5.91 Å². The molecule has 0 saturated heterocycles. The Bertz CT molecular complexity index is 1580. The number of rotatable bonds is 14. The highest BCUT2D eigenvalue weighted by Gasteiger charge is 2.33. The number of carbonyl (C=O) groups excluding carboxylic acids is 1. The Morgan fingerprint density at radius 2 is 1.62 bits per heavy atom. The lowest BCUT2D eigenvalue weighted by Crippen LogP contribution is -2.36. The molecule has 0 aliphatic carbocycles. The van der Waals surface area contributed by atoms with Crippen LogP contribution in [0, 0.1) is 0 Å². The molecule has 1 aliphatic rings. The van der Waals surface area contributed by atoms with Crippen molar-refractivity contribution >= 4 is 57.2 Å². The van der Waals surface area contributed by atoms with Crippen molar-refractivity contribution in [2.45, 2.75) is 20.8 Å². The Labute approximate surface area is 247 Å². The van der Waals surface area contributed by atoms with Crippen molar-refractivity contribution in [3.05, 3.63) is 83.9 Å². The molecule has 10 nitrogen and oxygen atoms in total. The number of benzene rings is 3. The molecular weight excluding hydrogens is 575 g/mol. The number of nitrogens with one attached hydrogen (secondary N) is 3. The third kappa shape index (κ3) is 7.11. The topological polar surface area (TPSA) is 126 Å². The summed E-state index contributed by atoms with van der Waals surface area (Å²) in [5.41, 5.74) is 3.98. The van der Waals surface area contributed by atoms with Gasteiger partial charge in [0.1, 0.15) is 0 Å². The van der Waals surface area contributed by atoms with Gasteiger partial charge >= 0.3 is 7.60 Å². The maximum Gasteiger partial charge on any atom is 0.361 e. The van der Waals surface area contributed by atoms with E-state index in [1.165, 1.54) is 10.6 Å². The van der Waals surface area contributed by atoms with E-state index in [1.54, 1.807) is 56.3 Å². The second-order valence-corrected chi connectivity index (χ2v) is 13.4. The number of hydrogen-bond donors (Lipinski definition) is 3. The number of sulfonamides is 1. The Hall–Kier alpha value is -3.47. The fourth-order valence-corrected chi connectivity index (χ4v) is 7.21. The number of hydrogen-bond acceptors (Lipinski definition) is 8. The maximum absolute atomic E-state index is 13.5. The van der Waals surface area contributed by atoms with Crippen molar-refractivity contribution in [1.29, 1.82) is 0 Å². The Morgan fingerprint density at radius 1 is 0.952 bits per heavy atom. The minimum atomic E-state index is -3.60. The molecule has 1 aliphatic heterocycles. The molecule has 0 atom stereocenters. The lowest BCUT2D eigenvalue weighted by molar-refractivity contribution is -0.110. The van der Waals surface area contributed by atoms with Crippen LogP contribution >= 0.6 is 7.60 Å². The second-order valence-electron chi connectivity index (χ2n) is 9.49. The Kier molecular flexibility index (Phi) is 10.2. The SMILES string of the molecule is CCNCCN(c1ccc(N/C(=C2\C(=O)Nc3ccc(P(=O)(OCC)OCC)cc32)c2ccccc2)cc1)S(C)(=O)=O. The molecule has 0 radical (unpaired) electrons. The molecule has 42 heavy (non-hydrogen) atoms. The van der Waals surface area contributed by atoms with E-state index in [0.29, 0.717) is 52.3 Å². The van der Waals surface area contributed by atoms with E-state index in [1.807, 2.05) is 37.3 Å². The first-order chi connectivity index (χ1) is 20.1. The number of fused-ring (bicyclic) bond motifs is 1. The van der Waals surface area contributed by atoms with E-state index in [9.17, 15) is 17.8 Å². The molecule has 0 aromatic heterocycles. The molecule has 0 saturated carbocycles. The largest absolute Gasteiger partial charge is 0.361 e. The summed E-state index contributed by atoms with van der Waals surface area (Å²) in [5, 5.41) is 9.79. The van der Waals surface area contributed by atoms with Gasteiger partial charge in [-0.05, 0) is 68.4 Å². The van der Waals surface area contributed by atoms with Gasteiger partial charge in [0.15, 0.2) is 0 Å². The molecule has 1 amide bonds. The third-order valence-electron chi connectivity index (χ3n) is 6.54. The van der Waals surface area contributed by atoms with Gasteiger partial charge in [0.05, 0.1) is 41.7 Å². The van der Waals surface area contributed by atoms with E-state index in [0.717, 1.165) is 12.1 Å². The highest BCUT2D eigenvalue weighted by molar-refractivity contribution is 7.92. The zero-order chi connectivity index (χ0) is 30.3. The molecule has 4 rings (SSSR count). The van der Waals surface area contributed by atoms with Crippen LogP contribution in [0.5, 0.6) is 0 Å². The smallest absolute Gasteiger partial charge is 0.354 e. The zero-order valence-electron chi connectivity index (χ0n) is 24.2. The van der Waals surface area contributed by atoms with Gasteiger partial charge in [-0.2, -0.15) is 0 Å². The predicted octanol–water partition coefficient (Wildman–Crippen LogP) is 4.89. The van der Waals surface area contributed by atoms with Crippen molar-refractivity contribution in [2.24, 2.45) is 0 Å². The van der Waals surface area contributed by atoms with Crippen LogP contribution < -0.4 is 25.6 Å². The summed E-state index contributed by atoms with van der Waals surface area (Å²) in [5.74, 6) is -0.320. The van der Waals surface area contributed by atoms with Gasteiger partial charge < -0.3 is 25.0 Å². The molecule has 0 spiro atoms. The Morgan fingerprint density at radius 3 is 2.21 bits per heavy atom. The number of likely N-dealkylation sites (N-methyl/N-ethyl adjacent to an activating group) is 1. The Balaban J connectivity index is 1.78. The standard InChI is InChI=1S/C30H37N4O6PS/c1-5-31-19-20-34(42(4,37)38)24-15-13-23(14-16-24)32-29(22-11-9-8-10-12-22)28-26-21-25(17-18-27(26)33-30(28)35)41(36,39-6-2)40-7-3/h8-18,21,31-32H,5-7,19-20H2,1-4H3,(H,33,35)/b29-28-. The van der Waals surface area contributed by atoms with Crippen LogP contribution in [-0.4, -0.2) is 53.4 Å². The summed E-state index contributed by atoms with van der Waals surface area (Å²) >= 11 is 0. The number of carbonyl (C=O) groups is 1. The van der Waals surface area contributed by atoms with E-state index < -0.39 is 17.6 Å². The molecule has 12 heteroatoms. The highest BCUT2D eigenvalue weighted by atomic mass is 32.2. The van der Waals surface area contributed by atoms with Crippen molar-refractivity contribution < 1.29 is 26.8 Å². The highest BCUT2D eigenvalue weighted by Crippen LogP contribution is 2.48. The van der Waals surface area contributed by atoms with Gasteiger partial charge in [0, 0.05) is 30.0 Å². The molecule has 0 unspecified atom stereocenters. The summed E-state index contributed by atoms with van der Waals surface area (Å²) in [6, 6.07) is 21.4. The van der Waals surface area contributed by atoms with Gasteiger partial charge in [-0.1, -0.05) is 37.3 Å². The molecule has 3 aromatic rings. The normalized spacial score (nSPS) is 14.3. The van der Waals surface area contributed by atoms with Crippen molar-refractivity contribution in [3.8, 4) is 0 Å². The van der Waals surface area contributed by atoms with Gasteiger partial charge in [-0.25, -0.2) is 8.42 Å². The summed E-state index contributed by atoms with van der Waals surface area (Å²) in [4.78, 5) is 13.4. The number of nitrogens with zero attached hydrogens (tertiary/aromatic N) is 1. The van der Waals surface area contributed by atoms with E-state index >= 15 is 0 Å². The summed E-state index contributed by atoms with van der Waals surface area (Å²) in [6.45, 7) is 7.41. The van der Waals surface area contributed by atoms with Gasteiger partial charge in [-0.3, -0.25) is 13.7 Å². The van der Waals surface area contributed by atoms with Crippen LogP contribution in [0.2, 0.25) is 0 Å². The first-order valence-corrected chi connectivity index (χ1v) is 17.2. The van der Waals surface area contributed by atoms with E-state index in [-0.39, 0.29) is 19.1 Å². The first-order valence-electron chi connectivity index (χ1n) is 13.8. The zero-order valence-corrected chi connectivity index (χ0v) is 25.9. The average molecular weight is 613 g/mol. The van der Waals surface area contributed by atoms with Gasteiger partial charge in [-0.15, -0.1) is 0 Å². The minimum absolute atomic E-state index is 0.201. The molecule has 3 aromatic carbocycles. The van der Waals surface area contributed by atoms with Crippen LogP contribution in [0.15, 0.2) is 72.8 Å². The number of anilines is 3. The van der Waals surface area contributed by atoms with Crippen LogP contribution in [0.1, 0.15) is 31.9 Å². The number of amides is 1. The van der Waals surface area contributed by atoms with Crippen LogP contribution in [0.3, 0.4) is 0 Å². The summed E-state index contributed by atoms with van der Waals surface area (Å²) in [6.07, 6.45) is 1.18. The monoisotopic (exact) mass is 612 g/mol.